The predicted molar refractivity (Wildman–Crippen MR) is 65.5 cm³/mol. The molecule has 102 valence electrons. The van der Waals surface area contributed by atoms with E-state index in [1.54, 1.807) is 0 Å². The maximum atomic E-state index is 13.1. The molecule has 0 amide bonds. The second-order valence-electron chi connectivity index (χ2n) is 7.15. The van der Waals surface area contributed by atoms with Crippen LogP contribution in [0.5, 0.6) is 0 Å². The quantitative estimate of drug-likeness (QED) is 0.707. The average Bonchev–Trinajstić information content (AvgIpc) is 2.57. The van der Waals surface area contributed by atoms with Crippen LogP contribution < -0.4 is 0 Å². The molecule has 1 aliphatic heterocycles. The largest absolute Gasteiger partial charge is 0.458 e. The van der Waals surface area contributed by atoms with Crippen molar-refractivity contribution in [2.75, 3.05) is 0 Å². The van der Waals surface area contributed by atoms with Gasteiger partial charge in [0.05, 0.1) is 11.2 Å². The van der Waals surface area contributed by atoms with Crippen LogP contribution in [0.4, 0.5) is 8.78 Å². The molecule has 0 aromatic heterocycles. The van der Waals surface area contributed by atoms with Gasteiger partial charge in [0.1, 0.15) is 0 Å². The van der Waals surface area contributed by atoms with E-state index in [4.69, 9.17) is 9.31 Å². The monoisotopic (exact) mass is 258 g/mol. The molecule has 2 aliphatic carbocycles. The molecule has 0 radical (unpaired) electrons. The fourth-order valence-corrected chi connectivity index (χ4v) is 3.44. The first kappa shape index (κ1) is 12.9. The predicted octanol–water partition coefficient (Wildman–Crippen LogP) is 3.37. The molecule has 0 aromatic carbocycles. The molecule has 2 atom stereocenters. The first-order chi connectivity index (χ1) is 8.13. The summed E-state index contributed by atoms with van der Waals surface area (Å²) in [6.07, 6.45) is 2.04. The van der Waals surface area contributed by atoms with Crippen LogP contribution in [0.2, 0.25) is 6.32 Å². The van der Waals surface area contributed by atoms with Crippen LogP contribution in [0.25, 0.3) is 0 Å². The van der Waals surface area contributed by atoms with Crippen LogP contribution in [0.1, 0.15) is 40.5 Å². The van der Waals surface area contributed by atoms with Gasteiger partial charge in [-0.1, -0.05) is 0 Å². The molecule has 1 heterocycles. The van der Waals surface area contributed by atoms with Crippen molar-refractivity contribution in [2.24, 2.45) is 17.8 Å². The molecule has 2 nitrogen and oxygen atoms in total. The minimum absolute atomic E-state index is 0.230. The molecular formula is C13H21BF2O2. The summed E-state index contributed by atoms with van der Waals surface area (Å²) in [5.41, 5.74) is -0.633. The number of hydrogen-bond donors (Lipinski definition) is 0. The Kier molecular flexibility index (Phi) is 2.49. The topological polar surface area (TPSA) is 18.5 Å². The Morgan fingerprint density at radius 2 is 1.44 bits per heavy atom. The number of rotatable bonds is 2. The van der Waals surface area contributed by atoms with E-state index in [9.17, 15) is 8.78 Å². The van der Waals surface area contributed by atoms with E-state index in [-0.39, 0.29) is 30.2 Å². The molecule has 3 rings (SSSR count). The number of fused-ring (bicyclic) bond motifs is 1. The van der Waals surface area contributed by atoms with E-state index in [0.29, 0.717) is 18.8 Å². The van der Waals surface area contributed by atoms with Crippen LogP contribution in [0.3, 0.4) is 0 Å². The van der Waals surface area contributed by atoms with Gasteiger partial charge in [0.15, 0.2) is 0 Å². The van der Waals surface area contributed by atoms with Crippen LogP contribution in [-0.2, 0) is 9.31 Å². The molecule has 2 saturated carbocycles. The van der Waals surface area contributed by atoms with Crippen LogP contribution in [0, 0.1) is 17.8 Å². The molecule has 3 fully saturated rings. The third kappa shape index (κ3) is 1.74. The lowest BCUT2D eigenvalue weighted by molar-refractivity contribution is 0.00578. The van der Waals surface area contributed by atoms with Crippen molar-refractivity contribution < 1.29 is 18.1 Å². The van der Waals surface area contributed by atoms with E-state index in [0.717, 1.165) is 6.32 Å². The first-order valence-corrected chi connectivity index (χ1v) is 6.87. The minimum atomic E-state index is -2.37. The maximum Gasteiger partial charge on any atom is 0.458 e. The molecular weight excluding hydrogens is 237 g/mol. The van der Waals surface area contributed by atoms with Gasteiger partial charge in [-0.15, -0.1) is 0 Å². The Hall–Kier alpha value is -0.155. The van der Waals surface area contributed by atoms with Gasteiger partial charge in [-0.2, -0.15) is 0 Å². The fourth-order valence-electron chi connectivity index (χ4n) is 3.44. The minimum Gasteiger partial charge on any atom is -0.403 e. The highest BCUT2D eigenvalue weighted by atomic mass is 19.3. The molecule has 18 heavy (non-hydrogen) atoms. The van der Waals surface area contributed by atoms with Gasteiger partial charge in [0.25, 0.3) is 5.92 Å². The molecule has 0 aromatic rings. The Labute approximate surface area is 108 Å². The highest BCUT2D eigenvalue weighted by molar-refractivity contribution is 6.45. The zero-order chi connectivity index (χ0) is 13.3. The highest BCUT2D eigenvalue weighted by Gasteiger charge is 2.71. The highest BCUT2D eigenvalue weighted by Crippen LogP contribution is 2.66. The summed E-state index contributed by atoms with van der Waals surface area (Å²) in [6.45, 7) is 8.08. The molecule has 5 heteroatoms. The van der Waals surface area contributed by atoms with Gasteiger partial charge in [-0.25, -0.2) is 8.78 Å². The lowest BCUT2D eigenvalue weighted by Gasteiger charge is -2.32. The van der Waals surface area contributed by atoms with E-state index in [2.05, 4.69) is 0 Å². The van der Waals surface area contributed by atoms with Crippen molar-refractivity contribution in [1.29, 1.82) is 0 Å². The standard InChI is InChI=1S/C13H21BF2O2/c1-11(2)12(3,4)18-14(17-11)7-8-5-9-10(6-8)13(9,15)16/h8-10H,5-7H2,1-4H3. The first-order valence-electron chi connectivity index (χ1n) is 6.87. The zero-order valence-corrected chi connectivity index (χ0v) is 11.5. The van der Waals surface area contributed by atoms with Gasteiger partial charge in [-0.05, 0) is 52.8 Å². The summed E-state index contributed by atoms with van der Waals surface area (Å²) < 4.78 is 38.1. The van der Waals surface area contributed by atoms with Gasteiger partial charge in [-0.3, -0.25) is 0 Å². The van der Waals surface area contributed by atoms with Crippen molar-refractivity contribution in [1.82, 2.24) is 0 Å². The van der Waals surface area contributed by atoms with Crippen LogP contribution in [0.15, 0.2) is 0 Å². The molecule has 3 aliphatic rings. The van der Waals surface area contributed by atoms with Gasteiger partial charge in [0, 0.05) is 11.8 Å². The average molecular weight is 258 g/mol. The Bertz CT molecular complexity index is 340. The van der Waals surface area contributed by atoms with E-state index in [1.807, 2.05) is 27.7 Å². The summed E-state index contributed by atoms with van der Waals surface area (Å²) in [6, 6.07) is 0. The SMILES string of the molecule is CC1(C)OB(CC2CC3C(C2)C3(F)F)OC1(C)C. The summed E-state index contributed by atoms with van der Waals surface area (Å²) >= 11 is 0. The summed E-state index contributed by atoms with van der Waals surface area (Å²) in [5, 5.41) is 0. The molecule has 2 unspecified atom stereocenters. The van der Waals surface area contributed by atoms with Gasteiger partial charge in [0.2, 0.25) is 0 Å². The third-order valence-electron chi connectivity index (χ3n) is 5.37. The Morgan fingerprint density at radius 1 is 1.00 bits per heavy atom. The second kappa shape index (κ2) is 3.48. The second-order valence-corrected chi connectivity index (χ2v) is 7.15. The van der Waals surface area contributed by atoms with Crippen molar-refractivity contribution in [2.45, 2.75) is 64.0 Å². The van der Waals surface area contributed by atoms with E-state index >= 15 is 0 Å². The Balaban J connectivity index is 1.55. The lowest BCUT2D eigenvalue weighted by Crippen LogP contribution is -2.41. The van der Waals surface area contributed by atoms with Crippen molar-refractivity contribution >= 4 is 7.12 Å². The summed E-state index contributed by atoms with van der Waals surface area (Å²) in [4.78, 5) is 0. The molecule has 0 spiro atoms. The smallest absolute Gasteiger partial charge is 0.403 e. The Morgan fingerprint density at radius 3 is 1.89 bits per heavy atom. The van der Waals surface area contributed by atoms with Crippen LogP contribution in [-0.4, -0.2) is 24.2 Å². The van der Waals surface area contributed by atoms with Crippen molar-refractivity contribution in [3.63, 3.8) is 0 Å². The van der Waals surface area contributed by atoms with E-state index in [1.165, 1.54) is 0 Å². The van der Waals surface area contributed by atoms with Crippen LogP contribution >= 0.6 is 0 Å². The van der Waals surface area contributed by atoms with Gasteiger partial charge >= 0.3 is 7.12 Å². The van der Waals surface area contributed by atoms with Gasteiger partial charge < -0.3 is 9.31 Å². The summed E-state index contributed by atoms with van der Waals surface area (Å²) in [5.74, 6) is -2.74. The number of hydrogen-bond acceptors (Lipinski definition) is 2. The van der Waals surface area contributed by atoms with E-state index < -0.39 is 5.92 Å². The number of halogens is 2. The van der Waals surface area contributed by atoms with Crippen molar-refractivity contribution in [3.8, 4) is 0 Å². The molecule has 1 saturated heterocycles. The fraction of sp³-hybridized carbons (Fsp3) is 1.00. The molecule has 0 N–H and O–H groups in total. The normalized spacial score (nSPS) is 43.0. The number of alkyl halides is 2. The lowest BCUT2D eigenvalue weighted by atomic mass is 9.75. The van der Waals surface area contributed by atoms with Crippen molar-refractivity contribution in [3.05, 3.63) is 0 Å². The summed E-state index contributed by atoms with van der Waals surface area (Å²) in [7, 11) is -0.230. The maximum absolute atomic E-state index is 13.1. The molecule has 0 bridgehead atoms. The third-order valence-corrected chi connectivity index (χ3v) is 5.37. The zero-order valence-electron chi connectivity index (χ0n) is 11.5.